The predicted octanol–water partition coefficient (Wildman–Crippen LogP) is 0.947. The van der Waals surface area contributed by atoms with Gasteiger partial charge in [-0.1, -0.05) is 0 Å². The van der Waals surface area contributed by atoms with Gasteiger partial charge in [0.05, 0.1) is 0 Å². The maximum atomic E-state index is 6.02. The Morgan fingerprint density at radius 3 is 3.05 bits per heavy atom. The zero-order chi connectivity index (χ0) is 12.8. The molecule has 1 atom stereocenters. The van der Waals surface area contributed by atoms with Crippen LogP contribution in [0, 0.1) is 0 Å². The third-order valence-electron chi connectivity index (χ3n) is 3.61. The second-order valence-electron chi connectivity index (χ2n) is 4.92. The molecule has 2 aliphatic rings. The van der Waals surface area contributed by atoms with Gasteiger partial charge in [-0.2, -0.15) is 0 Å². The Balaban J connectivity index is 1.79. The molecule has 0 aliphatic carbocycles. The molecular weight excluding hydrogens is 244 g/mol. The number of aromatic nitrogens is 3. The molecule has 1 aromatic carbocycles. The molecule has 1 unspecified atom stereocenters. The minimum Gasteiger partial charge on any atom is -0.454 e. The fourth-order valence-electron chi connectivity index (χ4n) is 2.60. The SMILES string of the molecule is NC1CCc2nnc(-c3ccc4c(c3)OCO4)n2C1. The van der Waals surface area contributed by atoms with Gasteiger partial charge in [0.25, 0.3) is 0 Å². The Labute approximate surface area is 110 Å². The van der Waals surface area contributed by atoms with Gasteiger partial charge in [-0.3, -0.25) is 0 Å². The fraction of sp³-hybridized carbons (Fsp3) is 0.385. The highest BCUT2D eigenvalue weighted by Crippen LogP contribution is 2.35. The van der Waals surface area contributed by atoms with Crippen molar-refractivity contribution in [2.24, 2.45) is 5.73 Å². The summed E-state index contributed by atoms with van der Waals surface area (Å²) in [5, 5.41) is 8.54. The second kappa shape index (κ2) is 3.96. The van der Waals surface area contributed by atoms with Gasteiger partial charge in [0.15, 0.2) is 17.3 Å². The fourth-order valence-corrected chi connectivity index (χ4v) is 2.60. The van der Waals surface area contributed by atoms with E-state index in [9.17, 15) is 0 Å². The number of ether oxygens (including phenoxy) is 2. The van der Waals surface area contributed by atoms with E-state index >= 15 is 0 Å². The first-order chi connectivity index (χ1) is 9.31. The Morgan fingerprint density at radius 1 is 1.21 bits per heavy atom. The zero-order valence-corrected chi connectivity index (χ0v) is 10.4. The van der Waals surface area contributed by atoms with E-state index in [0.29, 0.717) is 0 Å². The van der Waals surface area contributed by atoms with Crippen LogP contribution in [-0.2, 0) is 13.0 Å². The number of hydrogen-bond donors (Lipinski definition) is 1. The van der Waals surface area contributed by atoms with E-state index in [4.69, 9.17) is 15.2 Å². The molecule has 0 fully saturated rings. The van der Waals surface area contributed by atoms with Gasteiger partial charge in [-0.15, -0.1) is 10.2 Å². The number of fused-ring (bicyclic) bond motifs is 2. The Bertz CT molecular complexity index is 638. The van der Waals surface area contributed by atoms with Crippen molar-refractivity contribution in [2.75, 3.05) is 6.79 Å². The maximum Gasteiger partial charge on any atom is 0.231 e. The molecule has 98 valence electrons. The summed E-state index contributed by atoms with van der Waals surface area (Å²) in [6, 6.07) is 6.00. The van der Waals surface area contributed by atoms with Crippen molar-refractivity contribution in [1.29, 1.82) is 0 Å². The molecule has 4 rings (SSSR count). The minimum absolute atomic E-state index is 0.177. The smallest absolute Gasteiger partial charge is 0.231 e. The summed E-state index contributed by atoms with van der Waals surface area (Å²) in [4.78, 5) is 0. The van der Waals surface area contributed by atoms with Crippen molar-refractivity contribution in [3.8, 4) is 22.9 Å². The molecule has 19 heavy (non-hydrogen) atoms. The van der Waals surface area contributed by atoms with Crippen molar-refractivity contribution in [3.05, 3.63) is 24.0 Å². The molecule has 6 nitrogen and oxygen atoms in total. The van der Waals surface area contributed by atoms with E-state index in [0.717, 1.165) is 48.1 Å². The number of aryl methyl sites for hydroxylation is 1. The molecule has 0 radical (unpaired) electrons. The topological polar surface area (TPSA) is 75.2 Å². The largest absolute Gasteiger partial charge is 0.454 e. The van der Waals surface area contributed by atoms with Crippen molar-refractivity contribution in [1.82, 2.24) is 14.8 Å². The van der Waals surface area contributed by atoms with Crippen LogP contribution < -0.4 is 15.2 Å². The molecule has 0 amide bonds. The number of rotatable bonds is 1. The minimum atomic E-state index is 0.177. The lowest BCUT2D eigenvalue weighted by molar-refractivity contribution is 0.174. The third-order valence-corrected chi connectivity index (χ3v) is 3.61. The van der Waals surface area contributed by atoms with Gasteiger partial charge in [0.1, 0.15) is 5.82 Å². The van der Waals surface area contributed by atoms with E-state index in [-0.39, 0.29) is 12.8 Å². The molecule has 3 heterocycles. The highest BCUT2D eigenvalue weighted by molar-refractivity contribution is 5.62. The lowest BCUT2D eigenvalue weighted by Crippen LogP contribution is -2.32. The van der Waals surface area contributed by atoms with Gasteiger partial charge in [-0.05, 0) is 24.6 Å². The van der Waals surface area contributed by atoms with E-state index in [1.165, 1.54) is 0 Å². The average Bonchev–Trinajstić information content (AvgIpc) is 3.03. The third kappa shape index (κ3) is 1.67. The highest BCUT2D eigenvalue weighted by Gasteiger charge is 2.22. The van der Waals surface area contributed by atoms with Crippen LogP contribution in [-0.4, -0.2) is 27.6 Å². The first-order valence-corrected chi connectivity index (χ1v) is 6.39. The highest BCUT2D eigenvalue weighted by atomic mass is 16.7. The van der Waals surface area contributed by atoms with Crippen LogP contribution >= 0.6 is 0 Å². The molecule has 2 aliphatic heterocycles. The lowest BCUT2D eigenvalue weighted by atomic mass is 10.1. The van der Waals surface area contributed by atoms with Crippen LogP contribution in [0.3, 0.4) is 0 Å². The van der Waals surface area contributed by atoms with Crippen LogP contribution in [0.2, 0.25) is 0 Å². The van der Waals surface area contributed by atoms with Crippen LogP contribution in [0.25, 0.3) is 11.4 Å². The molecule has 2 aromatic rings. The molecular formula is C13H14N4O2. The first kappa shape index (κ1) is 10.8. The van der Waals surface area contributed by atoms with Gasteiger partial charge in [0, 0.05) is 24.6 Å². The summed E-state index contributed by atoms with van der Waals surface area (Å²) in [5.41, 5.74) is 7.01. The second-order valence-corrected chi connectivity index (χ2v) is 4.92. The van der Waals surface area contributed by atoms with Gasteiger partial charge >= 0.3 is 0 Å². The molecule has 6 heteroatoms. The summed E-state index contributed by atoms with van der Waals surface area (Å²) < 4.78 is 12.8. The number of nitrogens with two attached hydrogens (primary N) is 1. The van der Waals surface area contributed by atoms with Crippen molar-refractivity contribution < 1.29 is 9.47 Å². The normalized spacial score (nSPS) is 20.4. The van der Waals surface area contributed by atoms with E-state index in [1.54, 1.807) is 0 Å². The zero-order valence-electron chi connectivity index (χ0n) is 10.4. The van der Waals surface area contributed by atoms with Crippen molar-refractivity contribution >= 4 is 0 Å². The number of benzene rings is 1. The molecule has 0 saturated heterocycles. The Morgan fingerprint density at radius 2 is 2.11 bits per heavy atom. The van der Waals surface area contributed by atoms with Crippen LogP contribution in [0.4, 0.5) is 0 Å². The van der Waals surface area contributed by atoms with Crippen LogP contribution in [0.15, 0.2) is 18.2 Å². The molecule has 1 aromatic heterocycles. The monoisotopic (exact) mass is 258 g/mol. The lowest BCUT2D eigenvalue weighted by Gasteiger charge is -2.20. The summed E-state index contributed by atoms with van der Waals surface area (Å²) in [7, 11) is 0. The summed E-state index contributed by atoms with van der Waals surface area (Å²) in [5.74, 6) is 3.40. The van der Waals surface area contributed by atoms with Gasteiger partial charge in [-0.25, -0.2) is 0 Å². The predicted molar refractivity (Wildman–Crippen MR) is 67.9 cm³/mol. The summed E-state index contributed by atoms with van der Waals surface area (Å²) in [6.45, 7) is 1.05. The average molecular weight is 258 g/mol. The molecule has 0 bridgehead atoms. The van der Waals surface area contributed by atoms with E-state index in [1.807, 2.05) is 18.2 Å². The van der Waals surface area contributed by atoms with Crippen molar-refractivity contribution in [3.63, 3.8) is 0 Å². The summed E-state index contributed by atoms with van der Waals surface area (Å²) in [6.07, 6.45) is 1.86. The van der Waals surface area contributed by atoms with E-state index < -0.39 is 0 Å². The standard InChI is InChI=1S/C13H14N4O2/c14-9-2-4-12-15-16-13(17(12)6-9)8-1-3-10-11(5-8)19-7-18-10/h1,3,5,9H,2,4,6-7,14H2. The summed E-state index contributed by atoms with van der Waals surface area (Å²) >= 11 is 0. The van der Waals surface area contributed by atoms with E-state index in [2.05, 4.69) is 14.8 Å². The van der Waals surface area contributed by atoms with Crippen LogP contribution in [0.1, 0.15) is 12.2 Å². The Hall–Kier alpha value is -2.08. The Kier molecular flexibility index (Phi) is 2.25. The van der Waals surface area contributed by atoms with Gasteiger partial charge < -0.3 is 19.8 Å². The number of nitrogens with zero attached hydrogens (tertiary/aromatic N) is 3. The van der Waals surface area contributed by atoms with Gasteiger partial charge in [0.2, 0.25) is 6.79 Å². The number of hydrogen-bond acceptors (Lipinski definition) is 5. The molecule has 0 spiro atoms. The van der Waals surface area contributed by atoms with Crippen molar-refractivity contribution in [2.45, 2.75) is 25.4 Å². The van der Waals surface area contributed by atoms with Crippen LogP contribution in [0.5, 0.6) is 11.5 Å². The quantitative estimate of drug-likeness (QED) is 0.824. The molecule has 0 saturated carbocycles. The maximum absolute atomic E-state index is 6.02. The first-order valence-electron chi connectivity index (χ1n) is 6.39. The molecule has 2 N–H and O–H groups in total.